The van der Waals surface area contributed by atoms with Crippen molar-refractivity contribution in [3.05, 3.63) is 29.8 Å². The van der Waals surface area contributed by atoms with Crippen LogP contribution in [0.4, 0.5) is 0 Å². The average molecular weight is 291 g/mol. The van der Waals surface area contributed by atoms with E-state index in [0.717, 1.165) is 38.4 Å². The van der Waals surface area contributed by atoms with E-state index in [4.69, 9.17) is 15.7 Å². The molecule has 3 N–H and O–H groups in total. The monoisotopic (exact) mass is 291 g/mol. The van der Waals surface area contributed by atoms with Gasteiger partial charge in [-0.3, -0.25) is 4.90 Å². The summed E-state index contributed by atoms with van der Waals surface area (Å²) in [4.78, 5) is 2.32. The number of amidine groups is 1. The lowest BCUT2D eigenvalue weighted by atomic mass is 10.1. The Morgan fingerprint density at radius 2 is 2.33 bits per heavy atom. The van der Waals surface area contributed by atoms with Crippen LogP contribution in [0.2, 0.25) is 0 Å². The van der Waals surface area contributed by atoms with Gasteiger partial charge in [0.15, 0.2) is 0 Å². The summed E-state index contributed by atoms with van der Waals surface area (Å²) < 4.78 is 5.76. The second kappa shape index (κ2) is 7.31. The first-order valence-electron chi connectivity index (χ1n) is 7.50. The van der Waals surface area contributed by atoms with Crippen LogP contribution in [0.25, 0.3) is 0 Å². The normalized spacial score (nSPS) is 20.1. The maximum absolute atomic E-state index is 8.74. The van der Waals surface area contributed by atoms with Crippen molar-refractivity contribution in [2.24, 2.45) is 22.7 Å². The lowest BCUT2D eigenvalue weighted by Crippen LogP contribution is -2.27. The molecule has 116 valence electrons. The van der Waals surface area contributed by atoms with Gasteiger partial charge in [-0.15, -0.1) is 0 Å². The Hall–Kier alpha value is -1.75. The summed E-state index contributed by atoms with van der Waals surface area (Å²) in [5.74, 6) is 1.95. The maximum Gasteiger partial charge on any atom is 0.143 e. The van der Waals surface area contributed by atoms with Gasteiger partial charge in [0.2, 0.25) is 0 Å². The van der Waals surface area contributed by atoms with Crippen LogP contribution in [0, 0.1) is 11.8 Å². The van der Waals surface area contributed by atoms with Gasteiger partial charge in [-0.05, 0) is 36.6 Å². The predicted molar refractivity (Wildman–Crippen MR) is 83.6 cm³/mol. The van der Waals surface area contributed by atoms with Crippen LogP contribution in [0.3, 0.4) is 0 Å². The van der Waals surface area contributed by atoms with E-state index in [9.17, 15) is 0 Å². The van der Waals surface area contributed by atoms with Crippen molar-refractivity contribution in [3.63, 3.8) is 0 Å². The zero-order valence-corrected chi connectivity index (χ0v) is 12.8. The number of hydrogen-bond donors (Lipinski definition) is 2. The van der Waals surface area contributed by atoms with Gasteiger partial charge >= 0.3 is 0 Å². The van der Waals surface area contributed by atoms with Crippen molar-refractivity contribution >= 4 is 5.84 Å². The van der Waals surface area contributed by atoms with Gasteiger partial charge in [-0.1, -0.05) is 31.1 Å². The van der Waals surface area contributed by atoms with Crippen LogP contribution in [-0.4, -0.2) is 35.6 Å². The van der Waals surface area contributed by atoms with Crippen molar-refractivity contribution in [2.45, 2.75) is 26.8 Å². The Morgan fingerprint density at radius 1 is 1.52 bits per heavy atom. The Morgan fingerprint density at radius 3 is 3.05 bits per heavy atom. The molecule has 0 radical (unpaired) electrons. The van der Waals surface area contributed by atoms with E-state index >= 15 is 0 Å². The summed E-state index contributed by atoms with van der Waals surface area (Å²) in [5, 5.41) is 11.9. The number of hydrogen-bond acceptors (Lipinski definition) is 4. The molecule has 0 amide bonds. The number of ether oxygens (including phenoxy) is 1. The molecular formula is C16H25N3O2. The van der Waals surface area contributed by atoms with E-state index < -0.39 is 0 Å². The summed E-state index contributed by atoms with van der Waals surface area (Å²) >= 11 is 0. The van der Waals surface area contributed by atoms with Crippen molar-refractivity contribution in [1.82, 2.24) is 4.90 Å². The topological polar surface area (TPSA) is 71.1 Å². The lowest BCUT2D eigenvalue weighted by molar-refractivity contribution is 0.270. The second-order valence-electron chi connectivity index (χ2n) is 6.10. The van der Waals surface area contributed by atoms with E-state index in [2.05, 4.69) is 36.0 Å². The van der Waals surface area contributed by atoms with Crippen LogP contribution in [0.5, 0.6) is 5.75 Å². The third-order valence-corrected chi connectivity index (χ3v) is 3.69. The first kappa shape index (κ1) is 15.6. The van der Waals surface area contributed by atoms with Gasteiger partial charge < -0.3 is 15.7 Å². The van der Waals surface area contributed by atoms with Crippen LogP contribution in [-0.2, 0) is 6.54 Å². The summed E-state index contributed by atoms with van der Waals surface area (Å²) in [6, 6.07) is 8.23. The first-order chi connectivity index (χ1) is 10.1. The number of oxime groups is 1. The zero-order chi connectivity index (χ0) is 15.2. The van der Waals surface area contributed by atoms with Crippen molar-refractivity contribution in [1.29, 1.82) is 0 Å². The van der Waals surface area contributed by atoms with E-state index in [1.165, 1.54) is 5.56 Å². The minimum atomic E-state index is 0.162. The molecule has 1 saturated heterocycles. The SMILES string of the molecule is CC(C)COc1cccc(CN2CC[C@@H](C(N)=NO)C2)c1. The fourth-order valence-electron chi connectivity index (χ4n) is 2.55. The van der Waals surface area contributed by atoms with Gasteiger partial charge in [-0.25, -0.2) is 0 Å². The molecule has 1 aliphatic rings. The lowest BCUT2D eigenvalue weighted by Gasteiger charge is -2.16. The maximum atomic E-state index is 8.74. The molecule has 1 atom stereocenters. The smallest absolute Gasteiger partial charge is 0.143 e. The van der Waals surface area contributed by atoms with Crippen molar-refractivity contribution in [2.75, 3.05) is 19.7 Å². The Bertz CT molecular complexity index is 488. The largest absolute Gasteiger partial charge is 0.493 e. The molecule has 1 aromatic rings. The first-order valence-corrected chi connectivity index (χ1v) is 7.50. The summed E-state index contributed by atoms with van der Waals surface area (Å²) in [6.45, 7) is 7.69. The van der Waals surface area contributed by atoms with Crippen LogP contribution in [0.1, 0.15) is 25.8 Å². The molecule has 0 unspecified atom stereocenters. The highest BCUT2D eigenvalue weighted by Crippen LogP contribution is 2.21. The van der Waals surface area contributed by atoms with Gasteiger partial charge in [0.05, 0.1) is 6.61 Å². The Kier molecular flexibility index (Phi) is 5.44. The fraction of sp³-hybridized carbons (Fsp3) is 0.562. The summed E-state index contributed by atoms with van der Waals surface area (Å²) in [6.07, 6.45) is 0.944. The summed E-state index contributed by atoms with van der Waals surface area (Å²) in [7, 11) is 0. The minimum absolute atomic E-state index is 0.162. The Balaban J connectivity index is 1.90. The molecule has 0 aromatic heterocycles. The molecule has 5 heteroatoms. The molecule has 2 rings (SSSR count). The van der Waals surface area contributed by atoms with Gasteiger partial charge in [0.1, 0.15) is 11.6 Å². The molecule has 0 saturated carbocycles. The van der Waals surface area contributed by atoms with Crippen LogP contribution in [0.15, 0.2) is 29.4 Å². The molecule has 0 spiro atoms. The van der Waals surface area contributed by atoms with Crippen molar-refractivity contribution in [3.8, 4) is 5.75 Å². The molecular weight excluding hydrogens is 266 g/mol. The number of nitrogens with zero attached hydrogens (tertiary/aromatic N) is 2. The minimum Gasteiger partial charge on any atom is -0.493 e. The average Bonchev–Trinajstić information content (AvgIpc) is 2.93. The molecule has 1 heterocycles. The van der Waals surface area contributed by atoms with Gasteiger partial charge in [0, 0.05) is 19.0 Å². The number of nitrogens with two attached hydrogens (primary N) is 1. The Labute approximate surface area is 126 Å². The van der Waals surface area contributed by atoms with Gasteiger partial charge in [0.25, 0.3) is 0 Å². The van der Waals surface area contributed by atoms with E-state index in [1.807, 2.05) is 12.1 Å². The molecule has 1 fully saturated rings. The number of benzene rings is 1. The quantitative estimate of drug-likeness (QED) is 0.365. The highest BCUT2D eigenvalue weighted by Gasteiger charge is 2.25. The van der Waals surface area contributed by atoms with E-state index in [0.29, 0.717) is 11.8 Å². The number of rotatable bonds is 6. The molecule has 0 bridgehead atoms. The molecule has 21 heavy (non-hydrogen) atoms. The van der Waals surface area contributed by atoms with Crippen LogP contribution >= 0.6 is 0 Å². The summed E-state index contributed by atoms with van der Waals surface area (Å²) in [5.41, 5.74) is 6.91. The highest BCUT2D eigenvalue weighted by molar-refractivity contribution is 5.82. The van der Waals surface area contributed by atoms with Gasteiger partial charge in [-0.2, -0.15) is 0 Å². The molecule has 0 aliphatic carbocycles. The third-order valence-electron chi connectivity index (χ3n) is 3.69. The second-order valence-corrected chi connectivity index (χ2v) is 6.10. The highest BCUT2D eigenvalue weighted by atomic mass is 16.5. The standard InChI is InChI=1S/C16H25N3O2/c1-12(2)11-21-15-5-3-4-13(8-15)9-19-7-6-14(10-19)16(17)18-20/h3-5,8,12,14,20H,6-7,9-11H2,1-2H3,(H2,17,18)/t14-/m1/s1. The molecule has 1 aromatic carbocycles. The van der Waals surface area contributed by atoms with E-state index in [-0.39, 0.29) is 5.92 Å². The molecule has 1 aliphatic heterocycles. The molecule has 5 nitrogen and oxygen atoms in total. The van der Waals surface area contributed by atoms with Crippen LogP contribution < -0.4 is 10.5 Å². The van der Waals surface area contributed by atoms with E-state index in [1.54, 1.807) is 0 Å². The predicted octanol–water partition coefficient (Wildman–Crippen LogP) is 2.29. The third kappa shape index (κ3) is 4.63. The van der Waals surface area contributed by atoms with Crippen molar-refractivity contribution < 1.29 is 9.94 Å². The number of likely N-dealkylation sites (tertiary alicyclic amines) is 1. The fourth-order valence-corrected chi connectivity index (χ4v) is 2.55. The zero-order valence-electron chi connectivity index (χ0n) is 12.8.